The van der Waals surface area contributed by atoms with Gasteiger partial charge >= 0.3 is 17.9 Å². The lowest BCUT2D eigenvalue weighted by atomic mass is 10.0. The van der Waals surface area contributed by atoms with E-state index in [9.17, 15) is 14.4 Å². The van der Waals surface area contributed by atoms with Gasteiger partial charge in [-0.05, 0) is 64.2 Å². The lowest BCUT2D eigenvalue weighted by molar-refractivity contribution is -0.167. The van der Waals surface area contributed by atoms with Gasteiger partial charge in [0.15, 0.2) is 6.10 Å². The fraction of sp³-hybridized carbons (Fsp3) is 0.814. The van der Waals surface area contributed by atoms with E-state index in [4.69, 9.17) is 14.2 Å². The average molecular weight is 1060 g/mol. The van der Waals surface area contributed by atoms with Crippen LogP contribution in [-0.4, -0.2) is 37.2 Å². The number of carbonyl (C=O) groups is 3. The van der Waals surface area contributed by atoms with Gasteiger partial charge in [0.2, 0.25) is 0 Å². The van der Waals surface area contributed by atoms with Crippen LogP contribution in [0.1, 0.15) is 348 Å². The first-order valence-electron chi connectivity index (χ1n) is 33.3. The second kappa shape index (κ2) is 64.6. The smallest absolute Gasteiger partial charge is 0.306 e. The van der Waals surface area contributed by atoms with Crippen LogP contribution in [0, 0.1) is 0 Å². The minimum atomic E-state index is -0.788. The molecule has 0 aliphatic rings. The fourth-order valence-corrected chi connectivity index (χ4v) is 9.83. The van der Waals surface area contributed by atoms with Crippen molar-refractivity contribution in [3.05, 3.63) is 60.8 Å². The SMILES string of the molecule is CC/C=C\C/C=C\C/C=C\C/C=C\C/C=C\CCCCCC(=O)OC(COC(=O)CCCCCCCCCC)COC(=O)CCCCCCCCCCCCCCCCCCCCCCCCCCCCCCCCC. The number of hydrogen-bond acceptors (Lipinski definition) is 6. The summed E-state index contributed by atoms with van der Waals surface area (Å²) in [5, 5.41) is 0. The Kier molecular flexibility index (Phi) is 62.2. The van der Waals surface area contributed by atoms with Gasteiger partial charge in [0.05, 0.1) is 0 Å². The van der Waals surface area contributed by atoms with E-state index in [0.717, 1.165) is 96.3 Å². The first-order chi connectivity index (χ1) is 37.5. The molecular weight excluding hydrogens is 937 g/mol. The van der Waals surface area contributed by atoms with Crippen molar-refractivity contribution in [3.63, 3.8) is 0 Å². The summed E-state index contributed by atoms with van der Waals surface area (Å²) in [7, 11) is 0. The van der Waals surface area contributed by atoms with Gasteiger partial charge in [-0.3, -0.25) is 14.4 Å². The van der Waals surface area contributed by atoms with Crippen molar-refractivity contribution in [3.8, 4) is 0 Å². The number of carbonyl (C=O) groups excluding carboxylic acids is 3. The third-order valence-electron chi connectivity index (χ3n) is 14.8. The van der Waals surface area contributed by atoms with Crippen LogP contribution in [0.15, 0.2) is 60.8 Å². The molecule has 0 saturated carbocycles. The Labute approximate surface area is 472 Å². The zero-order valence-electron chi connectivity index (χ0n) is 50.8. The van der Waals surface area contributed by atoms with E-state index in [1.54, 1.807) is 0 Å². The van der Waals surface area contributed by atoms with Crippen LogP contribution in [0.5, 0.6) is 0 Å². The number of ether oxygens (including phenoxy) is 3. The minimum Gasteiger partial charge on any atom is -0.462 e. The molecule has 0 fully saturated rings. The summed E-state index contributed by atoms with van der Waals surface area (Å²) in [5.74, 6) is -0.905. The standard InChI is InChI=1S/C70H126O6/c1-4-7-10-13-16-19-21-23-25-27-29-30-31-32-33-34-35-36-37-38-39-40-42-43-45-47-49-51-54-57-60-63-69(72)75-66-67(65-74-68(71)62-59-56-53-18-15-12-9-6-3)76-70(73)64-61-58-55-52-50-48-46-44-41-28-26-24-22-20-17-14-11-8-5-2/h8,11,17,20,24,26,41,44,48,50,67H,4-7,9-10,12-16,18-19,21-23,25,27-40,42-43,45-47,49,51-66H2,1-3H3/b11-8-,20-17-,26-24-,44-41-,50-48-. The second-order valence-corrected chi connectivity index (χ2v) is 22.4. The molecule has 0 aromatic heterocycles. The fourth-order valence-electron chi connectivity index (χ4n) is 9.83. The molecule has 0 bridgehead atoms. The molecule has 0 aliphatic carbocycles. The van der Waals surface area contributed by atoms with Crippen molar-refractivity contribution in [2.45, 2.75) is 354 Å². The Hall–Kier alpha value is -2.89. The van der Waals surface area contributed by atoms with Gasteiger partial charge in [0.1, 0.15) is 13.2 Å². The van der Waals surface area contributed by atoms with E-state index in [1.165, 1.54) is 212 Å². The molecule has 0 amide bonds. The van der Waals surface area contributed by atoms with Gasteiger partial charge in [-0.1, -0.05) is 326 Å². The van der Waals surface area contributed by atoms with Crippen LogP contribution < -0.4 is 0 Å². The van der Waals surface area contributed by atoms with Crippen molar-refractivity contribution in [1.82, 2.24) is 0 Å². The van der Waals surface area contributed by atoms with E-state index in [-0.39, 0.29) is 31.1 Å². The molecule has 1 unspecified atom stereocenters. The van der Waals surface area contributed by atoms with E-state index in [2.05, 4.69) is 81.5 Å². The Balaban J connectivity index is 4.07. The van der Waals surface area contributed by atoms with Gasteiger partial charge in [-0.15, -0.1) is 0 Å². The quantitative estimate of drug-likeness (QED) is 0.0261. The van der Waals surface area contributed by atoms with Gasteiger partial charge < -0.3 is 14.2 Å². The molecule has 0 saturated heterocycles. The molecule has 6 heteroatoms. The summed E-state index contributed by atoms with van der Waals surface area (Å²) in [6.07, 6.45) is 82.8. The first-order valence-corrected chi connectivity index (χ1v) is 33.3. The molecule has 0 aromatic rings. The molecule has 0 heterocycles. The lowest BCUT2D eigenvalue weighted by Crippen LogP contribution is -2.30. The molecule has 0 rings (SSSR count). The number of unbranched alkanes of at least 4 members (excludes halogenated alkanes) is 40. The van der Waals surface area contributed by atoms with Gasteiger partial charge in [0.25, 0.3) is 0 Å². The normalized spacial score (nSPS) is 12.4. The molecule has 0 aliphatic heterocycles. The van der Waals surface area contributed by atoms with E-state index in [1.807, 2.05) is 0 Å². The predicted octanol–water partition coefficient (Wildman–Crippen LogP) is 22.7. The van der Waals surface area contributed by atoms with Gasteiger partial charge in [-0.2, -0.15) is 0 Å². The minimum absolute atomic E-state index is 0.0840. The molecule has 0 aromatic carbocycles. The molecular formula is C70H126O6. The molecule has 0 spiro atoms. The first kappa shape index (κ1) is 73.1. The topological polar surface area (TPSA) is 78.9 Å². The van der Waals surface area contributed by atoms with Crippen molar-refractivity contribution in [2.24, 2.45) is 0 Å². The van der Waals surface area contributed by atoms with E-state index >= 15 is 0 Å². The number of allylic oxidation sites excluding steroid dienone is 10. The van der Waals surface area contributed by atoms with Crippen LogP contribution in [0.4, 0.5) is 0 Å². The summed E-state index contributed by atoms with van der Waals surface area (Å²) >= 11 is 0. The monoisotopic (exact) mass is 1060 g/mol. The van der Waals surface area contributed by atoms with Crippen LogP contribution in [0.3, 0.4) is 0 Å². The maximum absolute atomic E-state index is 12.8. The second-order valence-electron chi connectivity index (χ2n) is 22.4. The summed E-state index contributed by atoms with van der Waals surface area (Å²) in [6, 6.07) is 0. The molecule has 6 nitrogen and oxygen atoms in total. The molecule has 0 N–H and O–H groups in total. The molecule has 442 valence electrons. The molecule has 1 atom stereocenters. The number of hydrogen-bond donors (Lipinski definition) is 0. The zero-order valence-corrected chi connectivity index (χ0v) is 50.8. The summed E-state index contributed by atoms with van der Waals surface area (Å²) in [5.41, 5.74) is 0. The third kappa shape index (κ3) is 62.0. The maximum Gasteiger partial charge on any atom is 0.306 e. The van der Waals surface area contributed by atoms with Crippen molar-refractivity contribution in [1.29, 1.82) is 0 Å². The zero-order chi connectivity index (χ0) is 55.0. The summed E-state index contributed by atoms with van der Waals surface area (Å²) in [6.45, 7) is 6.51. The summed E-state index contributed by atoms with van der Waals surface area (Å²) < 4.78 is 16.8. The number of esters is 3. The number of rotatable bonds is 61. The highest BCUT2D eigenvalue weighted by Crippen LogP contribution is 2.18. The van der Waals surface area contributed by atoms with Crippen LogP contribution in [-0.2, 0) is 28.6 Å². The highest BCUT2D eigenvalue weighted by Gasteiger charge is 2.19. The van der Waals surface area contributed by atoms with Crippen LogP contribution >= 0.6 is 0 Å². The third-order valence-corrected chi connectivity index (χ3v) is 14.8. The highest BCUT2D eigenvalue weighted by atomic mass is 16.6. The Morgan fingerprint density at radius 1 is 0.276 bits per heavy atom. The summed E-state index contributed by atoms with van der Waals surface area (Å²) in [4.78, 5) is 38.1. The Morgan fingerprint density at radius 3 is 0.803 bits per heavy atom. The van der Waals surface area contributed by atoms with Crippen LogP contribution in [0.2, 0.25) is 0 Å². The Bertz CT molecular complexity index is 1360. The lowest BCUT2D eigenvalue weighted by Gasteiger charge is -2.18. The predicted molar refractivity (Wildman–Crippen MR) is 330 cm³/mol. The van der Waals surface area contributed by atoms with Crippen molar-refractivity contribution < 1.29 is 28.6 Å². The molecule has 0 radical (unpaired) electrons. The Morgan fingerprint density at radius 2 is 0.513 bits per heavy atom. The van der Waals surface area contributed by atoms with Crippen molar-refractivity contribution >= 4 is 17.9 Å². The van der Waals surface area contributed by atoms with E-state index < -0.39 is 6.10 Å². The molecule has 76 heavy (non-hydrogen) atoms. The highest BCUT2D eigenvalue weighted by molar-refractivity contribution is 5.71. The van der Waals surface area contributed by atoms with Gasteiger partial charge in [0, 0.05) is 19.3 Å². The maximum atomic E-state index is 12.8. The van der Waals surface area contributed by atoms with Crippen LogP contribution in [0.25, 0.3) is 0 Å². The van der Waals surface area contributed by atoms with Gasteiger partial charge in [-0.25, -0.2) is 0 Å². The van der Waals surface area contributed by atoms with E-state index in [0.29, 0.717) is 19.3 Å². The largest absolute Gasteiger partial charge is 0.462 e. The average Bonchev–Trinajstić information content (AvgIpc) is 3.42. The van der Waals surface area contributed by atoms with Crippen molar-refractivity contribution in [2.75, 3.05) is 13.2 Å².